The molecule has 1 rings (SSSR count). The molecule has 0 aromatic heterocycles. The molecule has 0 N–H and O–H groups in total. The van der Waals surface area contributed by atoms with E-state index in [1.165, 1.54) is 13.5 Å². The number of carbonyl (C=O) groups excluding carboxylic acids is 2. The van der Waals surface area contributed by atoms with Crippen molar-refractivity contribution in [2.75, 3.05) is 7.11 Å². The van der Waals surface area contributed by atoms with Gasteiger partial charge in [-0.3, -0.25) is 9.59 Å². The molecule has 0 radical (unpaired) electrons. The molecule has 3 heteroatoms. The van der Waals surface area contributed by atoms with Gasteiger partial charge in [-0.2, -0.15) is 0 Å². The zero-order valence-corrected chi connectivity index (χ0v) is 10.5. The van der Waals surface area contributed by atoms with Crippen molar-refractivity contribution in [3.8, 4) is 0 Å². The van der Waals surface area contributed by atoms with E-state index in [0.717, 1.165) is 25.7 Å². The Hall–Kier alpha value is -0.860. The molecule has 1 atom stereocenters. The molecule has 0 amide bonds. The first kappa shape index (κ1) is 13.2. The van der Waals surface area contributed by atoms with Gasteiger partial charge in [0, 0.05) is 5.92 Å². The van der Waals surface area contributed by atoms with Crippen LogP contribution < -0.4 is 0 Å². The number of esters is 1. The van der Waals surface area contributed by atoms with E-state index in [1.54, 1.807) is 0 Å². The monoisotopic (exact) mass is 226 g/mol. The highest BCUT2D eigenvalue weighted by atomic mass is 16.5. The molecule has 1 saturated carbocycles. The van der Waals surface area contributed by atoms with Crippen molar-refractivity contribution in [2.24, 2.45) is 17.8 Å². The quantitative estimate of drug-likeness (QED) is 0.546. The van der Waals surface area contributed by atoms with Crippen molar-refractivity contribution in [3.05, 3.63) is 0 Å². The Balaban J connectivity index is 2.77. The molecule has 0 bridgehead atoms. The molecule has 0 saturated heterocycles. The van der Waals surface area contributed by atoms with E-state index in [4.69, 9.17) is 4.74 Å². The Kier molecular flexibility index (Phi) is 4.97. The fourth-order valence-corrected chi connectivity index (χ4v) is 2.49. The third kappa shape index (κ3) is 3.06. The van der Waals surface area contributed by atoms with Crippen molar-refractivity contribution in [1.29, 1.82) is 0 Å². The van der Waals surface area contributed by atoms with Crippen LogP contribution in [0.25, 0.3) is 0 Å². The summed E-state index contributed by atoms with van der Waals surface area (Å²) in [6, 6.07) is 0. The van der Waals surface area contributed by atoms with E-state index >= 15 is 0 Å². The molecule has 0 spiro atoms. The lowest BCUT2D eigenvalue weighted by atomic mass is 9.76. The molecule has 16 heavy (non-hydrogen) atoms. The van der Waals surface area contributed by atoms with Crippen molar-refractivity contribution in [2.45, 2.75) is 46.0 Å². The molecule has 3 nitrogen and oxygen atoms in total. The molecule has 0 aliphatic heterocycles. The maximum absolute atomic E-state index is 12.0. The van der Waals surface area contributed by atoms with Gasteiger partial charge in [0.05, 0.1) is 7.11 Å². The van der Waals surface area contributed by atoms with Crippen LogP contribution in [0.2, 0.25) is 0 Å². The highest BCUT2D eigenvalue weighted by Crippen LogP contribution is 2.32. The smallest absolute Gasteiger partial charge is 0.316 e. The first-order chi connectivity index (χ1) is 7.57. The summed E-state index contributed by atoms with van der Waals surface area (Å²) in [6.45, 7) is 3.70. The third-order valence-electron chi connectivity index (χ3n) is 3.45. The van der Waals surface area contributed by atoms with Crippen LogP contribution in [-0.2, 0) is 14.3 Å². The lowest BCUT2D eigenvalue weighted by Gasteiger charge is -2.28. The number of methoxy groups -OCH3 is 1. The van der Waals surface area contributed by atoms with Crippen molar-refractivity contribution >= 4 is 11.8 Å². The maximum atomic E-state index is 12.0. The van der Waals surface area contributed by atoms with E-state index in [2.05, 4.69) is 0 Å². The summed E-state index contributed by atoms with van der Waals surface area (Å²) in [6.07, 6.45) is 5.45. The number of rotatable bonds is 4. The van der Waals surface area contributed by atoms with Gasteiger partial charge < -0.3 is 4.74 Å². The molecular weight excluding hydrogens is 204 g/mol. The van der Waals surface area contributed by atoms with Gasteiger partial charge in [0.25, 0.3) is 0 Å². The van der Waals surface area contributed by atoms with E-state index in [0.29, 0.717) is 0 Å². The number of hydrogen-bond acceptors (Lipinski definition) is 3. The van der Waals surface area contributed by atoms with Crippen LogP contribution in [0.3, 0.4) is 0 Å². The van der Waals surface area contributed by atoms with Crippen molar-refractivity contribution in [3.63, 3.8) is 0 Å². The number of hydrogen-bond donors (Lipinski definition) is 0. The molecular formula is C13H22O3. The van der Waals surface area contributed by atoms with E-state index in [9.17, 15) is 9.59 Å². The van der Waals surface area contributed by atoms with Crippen molar-refractivity contribution < 1.29 is 14.3 Å². The Bertz CT molecular complexity index is 252. The average molecular weight is 226 g/mol. The minimum Gasteiger partial charge on any atom is -0.468 e. The lowest BCUT2D eigenvalue weighted by molar-refractivity contribution is -0.153. The minimum atomic E-state index is -0.523. The standard InChI is InChI=1S/C13H22O3/c1-9(2)12(14)11(13(15)16-3)10-7-5-4-6-8-10/h9-11H,4-8H2,1-3H3. The Morgan fingerprint density at radius 1 is 1.12 bits per heavy atom. The van der Waals surface area contributed by atoms with Gasteiger partial charge in [-0.1, -0.05) is 33.1 Å². The summed E-state index contributed by atoms with van der Waals surface area (Å²) in [5.74, 6) is -0.711. The predicted molar refractivity (Wildman–Crippen MR) is 61.9 cm³/mol. The summed E-state index contributed by atoms with van der Waals surface area (Å²) in [4.78, 5) is 23.8. The minimum absolute atomic E-state index is 0.0405. The summed E-state index contributed by atoms with van der Waals surface area (Å²) in [5.41, 5.74) is 0. The van der Waals surface area contributed by atoms with Crippen LogP contribution in [0.4, 0.5) is 0 Å². The molecule has 0 aromatic carbocycles. The summed E-state index contributed by atoms with van der Waals surface area (Å²) >= 11 is 0. The SMILES string of the molecule is COC(=O)C(C(=O)C(C)C)C1CCCCC1. The van der Waals surface area contributed by atoms with Gasteiger partial charge in [-0.15, -0.1) is 0 Å². The van der Waals surface area contributed by atoms with Gasteiger partial charge in [0.1, 0.15) is 11.7 Å². The van der Waals surface area contributed by atoms with Crippen LogP contribution in [-0.4, -0.2) is 18.9 Å². The molecule has 1 aliphatic carbocycles. The molecule has 0 aromatic rings. The lowest BCUT2D eigenvalue weighted by Crippen LogP contribution is -2.36. The van der Waals surface area contributed by atoms with E-state index in [1.807, 2.05) is 13.8 Å². The summed E-state index contributed by atoms with van der Waals surface area (Å²) < 4.78 is 4.78. The number of carbonyl (C=O) groups is 2. The molecule has 1 unspecified atom stereocenters. The average Bonchev–Trinajstić information content (AvgIpc) is 2.30. The fraction of sp³-hybridized carbons (Fsp3) is 0.846. The second kappa shape index (κ2) is 6.02. The van der Waals surface area contributed by atoms with Crippen LogP contribution in [0.1, 0.15) is 46.0 Å². The van der Waals surface area contributed by atoms with Gasteiger partial charge in [0.15, 0.2) is 0 Å². The Morgan fingerprint density at radius 2 is 1.69 bits per heavy atom. The highest BCUT2D eigenvalue weighted by Gasteiger charge is 2.36. The topological polar surface area (TPSA) is 43.4 Å². The molecule has 1 fully saturated rings. The molecule has 1 aliphatic rings. The second-order valence-corrected chi connectivity index (χ2v) is 4.96. The van der Waals surface area contributed by atoms with Crippen LogP contribution in [0.15, 0.2) is 0 Å². The number of ether oxygens (including phenoxy) is 1. The highest BCUT2D eigenvalue weighted by molar-refractivity contribution is 6.00. The van der Waals surface area contributed by atoms with Gasteiger partial charge in [0.2, 0.25) is 0 Å². The number of Topliss-reactive ketones (excluding diaryl/α,β-unsaturated/α-hetero) is 1. The predicted octanol–water partition coefficient (Wildman–Crippen LogP) is 2.58. The van der Waals surface area contributed by atoms with Gasteiger partial charge >= 0.3 is 5.97 Å². The van der Waals surface area contributed by atoms with Crippen LogP contribution in [0, 0.1) is 17.8 Å². The fourth-order valence-electron chi connectivity index (χ4n) is 2.49. The van der Waals surface area contributed by atoms with Crippen LogP contribution >= 0.6 is 0 Å². The summed E-state index contributed by atoms with van der Waals surface area (Å²) in [7, 11) is 1.37. The largest absolute Gasteiger partial charge is 0.468 e. The first-order valence-electron chi connectivity index (χ1n) is 6.19. The van der Waals surface area contributed by atoms with E-state index < -0.39 is 5.92 Å². The maximum Gasteiger partial charge on any atom is 0.316 e. The number of ketones is 1. The molecule has 0 heterocycles. The second-order valence-electron chi connectivity index (χ2n) is 4.96. The van der Waals surface area contributed by atoms with E-state index in [-0.39, 0.29) is 23.6 Å². The third-order valence-corrected chi connectivity index (χ3v) is 3.45. The zero-order chi connectivity index (χ0) is 12.1. The Morgan fingerprint density at radius 3 is 2.12 bits per heavy atom. The first-order valence-corrected chi connectivity index (χ1v) is 6.19. The van der Waals surface area contributed by atoms with Crippen LogP contribution in [0.5, 0.6) is 0 Å². The zero-order valence-electron chi connectivity index (χ0n) is 10.5. The molecule has 92 valence electrons. The Labute approximate surface area is 97.5 Å². The van der Waals surface area contributed by atoms with Gasteiger partial charge in [-0.25, -0.2) is 0 Å². The summed E-state index contributed by atoms with van der Waals surface area (Å²) in [5, 5.41) is 0. The normalized spacial score (nSPS) is 19.5. The van der Waals surface area contributed by atoms with Crippen molar-refractivity contribution in [1.82, 2.24) is 0 Å². The van der Waals surface area contributed by atoms with Gasteiger partial charge in [-0.05, 0) is 18.8 Å².